The van der Waals surface area contributed by atoms with E-state index in [-0.39, 0.29) is 11.1 Å². The molecule has 0 fully saturated rings. The van der Waals surface area contributed by atoms with Crippen LogP contribution in [0.5, 0.6) is 0 Å². The van der Waals surface area contributed by atoms with Crippen LogP contribution < -0.4 is 0 Å². The molecule has 1 unspecified atom stereocenters. The number of halogens is 6. The molecule has 25 heavy (non-hydrogen) atoms. The monoisotopic (exact) mass is 358 g/mol. The predicted molar refractivity (Wildman–Crippen MR) is 74.3 cm³/mol. The van der Waals surface area contributed by atoms with E-state index >= 15 is 0 Å². The van der Waals surface area contributed by atoms with E-state index in [1.807, 2.05) is 0 Å². The van der Waals surface area contributed by atoms with E-state index in [0.29, 0.717) is 18.2 Å². The summed E-state index contributed by atoms with van der Waals surface area (Å²) in [6.07, 6.45) is -9.37. The molecule has 0 saturated carbocycles. The highest BCUT2D eigenvalue weighted by Crippen LogP contribution is 2.39. The number of hydrogen-bond donors (Lipinski definition) is 0. The fourth-order valence-corrected chi connectivity index (χ4v) is 2.77. The minimum absolute atomic E-state index is 0.199. The van der Waals surface area contributed by atoms with Gasteiger partial charge in [0.1, 0.15) is 5.92 Å². The largest absolute Gasteiger partial charge is 0.416 e. The van der Waals surface area contributed by atoms with E-state index < -0.39 is 46.5 Å². The Balaban J connectivity index is 2.06. The van der Waals surface area contributed by atoms with Crippen molar-refractivity contribution in [2.45, 2.75) is 18.3 Å². The van der Waals surface area contributed by atoms with Crippen molar-refractivity contribution in [3.8, 4) is 0 Å². The van der Waals surface area contributed by atoms with Gasteiger partial charge < -0.3 is 0 Å². The van der Waals surface area contributed by atoms with Gasteiger partial charge in [-0.25, -0.2) is 0 Å². The van der Waals surface area contributed by atoms with Crippen molar-refractivity contribution in [1.82, 2.24) is 0 Å². The first kappa shape index (κ1) is 17.2. The first-order valence-corrected chi connectivity index (χ1v) is 6.97. The van der Waals surface area contributed by atoms with Crippen LogP contribution in [0.25, 0.3) is 0 Å². The maximum atomic E-state index is 12.8. The van der Waals surface area contributed by atoms with Crippen LogP contribution in [-0.2, 0) is 12.4 Å². The first-order chi connectivity index (χ1) is 11.5. The maximum absolute atomic E-state index is 12.8. The Labute approximate surface area is 137 Å². The summed E-state index contributed by atoms with van der Waals surface area (Å²) in [5, 5.41) is 0. The highest BCUT2D eigenvalue weighted by atomic mass is 19.4. The second-order valence-corrected chi connectivity index (χ2v) is 5.54. The van der Waals surface area contributed by atoms with Crippen LogP contribution >= 0.6 is 0 Å². The Hall–Kier alpha value is -2.64. The van der Waals surface area contributed by atoms with E-state index in [1.165, 1.54) is 6.07 Å². The lowest BCUT2D eigenvalue weighted by Crippen LogP contribution is -2.14. The third-order valence-corrected chi connectivity index (χ3v) is 3.95. The quantitative estimate of drug-likeness (QED) is 0.537. The molecule has 8 heteroatoms. The van der Waals surface area contributed by atoms with Gasteiger partial charge in [0.05, 0.1) is 11.1 Å². The second kappa shape index (κ2) is 5.44. The van der Waals surface area contributed by atoms with Crippen LogP contribution in [0.1, 0.15) is 43.3 Å². The van der Waals surface area contributed by atoms with Crippen LogP contribution in [0.2, 0.25) is 0 Å². The average molecular weight is 358 g/mol. The van der Waals surface area contributed by atoms with Crippen molar-refractivity contribution in [2.24, 2.45) is 0 Å². The Bertz CT molecular complexity index is 879. The van der Waals surface area contributed by atoms with E-state index in [9.17, 15) is 35.9 Å². The molecule has 0 radical (unpaired) electrons. The van der Waals surface area contributed by atoms with E-state index in [2.05, 4.69) is 0 Å². The lowest BCUT2D eigenvalue weighted by atomic mass is 9.93. The van der Waals surface area contributed by atoms with Crippen LogP contribution in [-0.4, -0.2) is 11.6 Å². The summed E-state index contributed by atoms with van der Waals surface area (Å²) in [5.74, 6) is -3.32. The maximum Gasteiger partial charge on any atom is 0.416 e. The van der Waals surface area contributed by atoms with Gasteiger partial charge in [0, 0.05) is 11.1 Å². The molecular weight excluding hydrogens is 350 g/mol. The topological polar surface area (TPSA) is 34.1 Å². The Morgan fingerprint density at radius 1 is 0.680 bits per heavy atom. The summed E-state index contributed by atoms with van der Waals surface area (Å²) in [7, 11) is 0. The Morgan fingerprint density at radius 2 is 1.24 bits per heavy atom. The van der Waals surface area contributed by atoms with Gasteiger partial charge in [-0.2, -0.15) is 26.3 Å². The summed E-state index contributed by atoms with van der Waals surface area (Å²) in [6.45, 7) is 0. The number of hydrogen-bond acceptors (Lipinski definition) is 2. The molecule has 0 spiro atoms. The van der Waals surface area contributed by atoms with Crippen molar-refractivity contribution >= 4 is 11.6 Å². The van der Waals surface area contributed by atoms with Gasteiger partial charge in [-0.15, -0.1) is 0 Å². The number of fused-ring (bicyclic) bond motifs is 1. The molecule has 2 aromatic rings. The van der Waals surface area contributed by atoms with Crippen molar-refractivity contribution in [3.63, 3.8) is 0 Å². The molecule has 130 valence electrons. The third kappa shape index (κ3) is 2.92. The highest BCUT2D eigenvalue weighted by molar-refractivity contribution is 6.29. The van der Waals surface area contributed by atoms with Gasteiger partial charge >= 0.3 is 12.4 Å². The fourth-order valence-electron chi connectivity index (χ4n) is 2.77. The van der Waals surface area contributed by atoms with Crippen molar-refractivity contribution in [1.29, 1.82) is 0 Å². The van der Waals surface area contributed by atoms with E-state index in [1.54, 1.807) is 0 Å². The first-order valence-electron chi connectivity index (χ1n) is 6.97. The van der Waals surface area contributed by atoms with Crippen LogP contribution in [0, 0.1) is 0 Å². The molecule has 1 atom stereocenters. The van der Waals surface area contributed by atoms with E-state index in [4.69, 9.17) is 0 Å². The molecule has 3 rings (SSSR count). The normalized spacial score (nSPS) is 17.8. The van der Waals surface area contributed by atoms with Crippen LogP contribution in [0.15, 0.2) is 42.5 Å². The zero-order valence-corrected chi connectivity index (χ0v) is 12.2. The van der Waals surface area contributed by atoms with Gasteiger partial charge in [-0.1, -0.05) is 24.3 Å². The molecule has 0 heterocycles. The number of ketones is 2. The van der Waals surface area contributed by atoms with Crippen molar-refractivity contribution in [2.75, 3.05) is 0 Å². The number of Topliss-reactive ketones (excluding diaryl/α,β-unsaturated/α-hetero) is 2. The number of carbonyl (C=O) groups excluding carboxylic acids is 2. The fraction of sp³-hybridized carbons (Fsp3) is 0.176. The minimum Gasteiger partial charge on any atom is -0.293 e. The number of alkyl halides is 6. The lowest BCUT2D eigenvalue weighted by molar-refractivity contribution is -0.138. The Morgan fingerprint density at radius 3 is 1.84 bits per heavy atom. The van der Waals surface area contributed by atoms with Gasteiger partial charge in [-0.05, 0) is 23.8 Å². The number of rotatable bonds is 1. The smallest absolute Gasteiger partial charge is 0.293 e. The molecular formula is C17H8F6O2. The molecule has 1 aliphatic carbocycles. The predicted octanol–water partition coefficient (Wildman–Crippen LogP) is 4.89. The van der Waals surface area contributed by atoms with E-state index in [0.717, 1.165) is 18.2 Å². The molecule has 0 N–H and O–H groups in total. The average Bonchev–Trinajstić information content (AvgIpc) is 2.77. The molecule has 2 nitrogen and oxygen atoms in total. The summed E-state index contributed by atoms with van der Waals surface area (Å²) < 4.78 is 76.7. The SMILES string of the molecule is O=C1c2ccc(C(F)(F)F)cc2C(=O)C1c1cccc(C(F)(F)F)c1. The van der Waals surface area contributed by atoms with Crippen molar-refractivity contribution < 1.29 is 35.9 Å². The standard InChI is InChI=1S/C17H8F6O2/c18-16(19,20)9-3-1-2-8(6-9)13-14(24)11-5-4-10(17(21,22)23)7-12(11)15(13)25/h1-7,13H. The van der Waals surface area contributed by atoms with Gasteiger partial charge in [0.15, 0.2) is 11.6 Å². The highest BCUT2D eigenvalue weighted by Gasteiger charge is 2.42. The van der Waals surface area contributed by atoms with Gasteiger partial charge in [-0.3, -0.25) is 9.59 Å². The zero-order valence-electron chi connectivity index (χ0n) is 12.2. The number of benzene rings is 2. The third-order valence-electron chi connectivity index (χ3n) is 3.95. The summed E-state index contributed by atoms with van der Waals surface area (Å²) in [4.78, 5) is 24.7. The second-order valence-electron chi connectivity index (χ2n) is 5.54. The molecule has 1 aliphatic rings. The Kier molecular flexibility index (Phi) is 3.74. The van der Waals surface area contributed by atoms with Crippen molar-refractivity contribution in [3.05, 3.63) is 70.3 Å². The molecule has 0 aliphatic heterocycles. The van der Waals surface area contributed by atoms with Crippen LogP contribution in [0.3, 0.4) is 0 Å². The summed E-state index contributed by atoms with van der Waals surface area (Å²) in [6, 6.07) is 5.77. The minimum atomic E-state index is -4.70. The molecule has 0 saturated heterocycles. The van der Waals surface area contributed by atoms with Gasteiger partial charge in [0.25, 0.3) is 0 Å². The number of carbonyl (C=O) groups is 2. The summed E-state index contributed by atoms with van der Waals surface area (Å²) in [5.41, 5.74) is -2.99. The van der Waals surface area contributed by atoms with Crippen LogP contribution in [0.4, 0.5) is 26.3 Å². The molecule has 0 bridgehead atoms. The summed E-state index contributed by atoms with van der Waals surface area (Å²) >= 11 is 0. The molecule has 0 amide bonds. The molecule has 2 aromatic carbocycles. The lowest BCUT2D eigenvalue weighted by Gasteiger charge is -2.11. The molecule has 0 aromatic heterocycles. The zero-order chi connectivity index (χ0) is 18.6. The van der Waals surface area contributed by atoms with Gasteiger partial charge in [0.2, 0.25) is 0 Å².